The lowest BCUT2D eigenvalue weighted by atomic mass is 9.85. The van der Waals surface area contributed by atoms with E-state index in [1.807, 2.05) is 30.3 Å². The van der Waals surface area contributed by atoms with Crippen LogP contribution in [0.4, 0.5) is 5.69 Å². The molecule has 4 nitrogen and oxygen atoms in total. The lowest BCUT2D eigenvalue weighted by Gasteiger charge is -2.30. The van der Waals surface area contributed by atoms with E-state index in [0.717, 1.165) is 31.4 Å². The molecule has 3 N–H and O–H groups in total. The first kappa shape index (κ1) is 13.9. The van der Waals surface area contributed by atoms with Crippen molar-refractivity contribution in [1.29, 1.82) is 0 Å². The lowest BCUT2D eigenvalue weighted by molar-refractivity contribution is -0.120. The summed E-state index contributed by atoms with van der Waals surface area (Å²) < 4.78 is 0. The molecule has 1 saturated carbocycles. The van der Waals surface area contributed by atoms with Crippen molar-refractivity contribution in [3.05, 3.63) is 30.3 Å². The van der Waals surface area contributed by atoms with E-state index in [4.69, 9.17) is 0 Å². The molecule has 1 amide bonds. The van der Waals surface area contributed by atoms with Crippen LogP contribution < -0.4 is 10.6 Å². The van der Waals surface area contributed by atoms with E-state index in [1.54, 1.807) is 0 Å². The number of aliphatic hydroxyl groups is 1. The summed E-state index contributed by atoms with van der Waals surface area (Å²) in [6, 6.07) is 9.81. The second-order valence-electron chi connectivity index (χ2n) is 5.12. The Morgan fingerprint density at radius 2 is 1.95 bits per heavy atom. The molecule has 2 rings (SSSR count). The summed E-state index contributed by atoms with van der Waals surface area (Å²) in [7, 11) is 0. The molecule has 0 heterocycles. The number of nitrogens with one attached hydrogen (secondary N) is 2. The molecule has 104 valence electrons. The number of rotatable bonds is 5. The van der Waals surface area contributed by atoms with Gasteiger partial charge in [0, 0.05) is 24.3 Å². The molecule has 0 spiro atoms. The maximum absolute atomic E-state index is 11.9. The molecule has 2 atom stereocenters. The Hall–Kier alpha value is -1.55. The number of amides is 1. The molecule has 0 saturated heterocycles. The van der Waals surface area contributed by atoms with Gasteiger partial charge in [-0.3, -0.25) is 4.79 Å². The Labute approximate surface area is 114 Å². The predicted octanol–water partition coefficient (Wildman–Crippen LogP) is 1.77. The van der Waals surface area contributed by atoms with E-state index < -0.39 is 0 Å². The normalized spacial score (nSPS) is 22.8. The van der Waals surface area contributed by atoms with Crippen molar-refractivity contribution in [3.8, 4) is 0 Å². The van der Waals surface area contributed by atoms with Crippen molar-refractivity contribution in [3.63, 3.8) is 0 Å². The highest BCUT2D eigenvalue weighted by Gasteiger charge is 2.25. The number of carbonyl (C=O) groups excluding carboxylic acids is 1. The smallest absolute Gasteiger partial charge is 0.239 e. The maximum Gasteiger partial charge on any atom is 0.239 e. The monoisotopic (exact) mass is 262 g/mol. The zero-order valence-electron chi connectivity index (χ0n) is 11.1. The molecule has 1 aromatic rings. The Morgan fingerprint density at radius 1 is 1.21 bits per heavy atom. The fourth-order valence-corrected chi connectivity index (χ4v) is 2.61. The highest BCUT2D eigenvalue weighted by Crippen LogP contribution is 2.23. The largest absolute Gasteiger partial charge is 0.396 e. The van der Waals surface area contributed by atoms with Gasteiger partial charge in [-0.15, -0.1) is 0 Å². The van der Waals surface area contributed by atoms with E-state index in [2.05, 4.69) is 10.6 Å². The third-order valence-electron chi connectivity index (χ3n) is 3.72. The average molecular weight is 262 g/mol. The van der Waals surface area contributed by atoms with Gasteiger partial charge in [-0.1, -0.05) is 31.0 Å². The van der Waals surface area contributed by atoms with Crippen LogP contribution >= 0.6 is 0 Å². The molecule has 0 radical (unpaired) electrons. The van der Waals surface area contributed by atoms with Crippen LogP contribution in [0, 0.1) is 5.92 Å². The fourth-order valence-electron chi connectivity index (χ4n) is 2.61. The highest BCUT2D eigenvalue weighted by atomic mass is 16.3. The van der Waals surface area contributed by atoms with Crippen LogP contribution in [0.25, 0.3) is 0 Å². The molecule has 1 fully saturated rings. The quantitative estimate of drug-likeness (QED) is 0.758. The van der Waals surface area contributed by atoms with Crippen LogP contribution in [-0.4, -0.2) is 30.2 Å². The van der Waals surface area contributed by atoms with Crippen LogP contribution in [0.5, 0.6) is 0 Å². The van der Waals surface area contributed by atoms with Crippen molar-refractivity contribution in [2.45, 2.75) is 31.7 Å². The third-order valence-corrected chi connectivity index (χ3v) is 3.72. The minimum atomic E-state index is -0.00537. The van der Waals surface area contributed by atoms with Crippen LogP contribution in [-0.2, 0) is 4.79 Å². The van der Waals surface area contributed by atoms with E-state index >= 15 is 0 Å². The molecule has 2 unspecified atom stereocenters. The van der Waals surface area contributed by atoms with Crippen molar-refractivity contribution in [1.82, 2.24) is 5.32 Å². The first-order valence-corrected chi connectivity index (χ1v) is 6.98. The summed E-state index contributed by atoms with van der Waals surface area (Å²) in [4.78, 5) is 11.9. The molecule has 0 aliphatic heterocycles. The summed E-state index contributed by atoms with van der Waals surface area (Å²) in [5, 5.41) is 15.4. The van der Waals surface area contributed by atoms with Gasteiger partial charge in [0.25, 0.3) is 0 Å². The molecule has 1 aliphatic carbocycles. The summed E-state index contributed by atoms with van der Waals surface area (Å²) in [5.74, 6) is 0.212. The number of hydrogen-bond donors (Lipinski definition) is 3. The van der Waals surface area contributed by atoms with E-state index in [9.17, 15) is 9.90 Å². The first-order chi connectivity index (χ1) is 9.29. The Morgan fingerprint density at radius 3 is 2.68 bits per heavy atom. The second kappa shape index (κ2) is 7.14. The number of anilines is 1. The summed E-state index contributed by atoms with van der Waals surface area (Å²) in [5.41, 5.74) is 0.944. The predicted molar refractivity (Wildman–Crippen MR) is 75.9 cm³/mol. The van der Waals surface area contributed by atoms with E-state index in [-0.39, 0.29) is 31.0 Å². The summed E-state index contributed by atoms with van der Waals surface area (Å²) in [6.45, 7) is 0.440. The number of hydrogen-bond acceptors (Lipinski definition) is 3. The van der Waals surface area contributed by atoms with Crippen molar-refractivity contribution < 1.29 is 9.90 Å². The minimum Gasteiger partial charge on any atom is -0.396 e. The van der Waals surface area contributed by atoms with Gasteiger partial charge in [0.05, 0.1) is 6.54 Å². The van der Waals surface area contributed by atoms with Crippen LogP contribution in [0.15, 0.2) is 30.3 Å². The van der Waals surface area contributed by atoms with Crippen molar-refractivity contribution >= 4 is 11.6 Å². The molecule has 0 bridgehead atoms. The SMILES string of the molecule is O=C(CNc1ccccc1)NC1CCCCC1CO. The average Bonchev–Trinajstić information content (AvgIpc) is 2.47. The van der Waals surface area contributed by atoms with Crippen LogP contribution in [0.1, 0.15) is 25.7 Å². The van der Waals surface area contributed by atoms with Gasteiger partial charge >= 0.3 is 0 Å². The minimum absolute atomic E-state index is 0.00537. The number of benzene rings is 1. The Kier molecular flexibility index (Phi) is 5.21. The molecule has 0 aromatic heterocycles. The molecule has 1 aliphatic rings. The van der Waals surface area contributed by atoms with E-state index in [1.165, 1.54) is 0 Å². The Bertz CT molecular complexity index is 394. The third kappa shape index (κ3) is 4.24. The zero-order valence-corrected chi connectivity index (χ0v) is 11.1. The number of carbonyl (C=O) groups is 1. The van der Waals surface area contributed by atoms with Gasteiger partial charge in [0.15, 0.2) is 0 Å². The lowest BCUT2D eigenvalue weighted by Crippen LogP contribution is -2.45. The van der Waals surface area contributed by atoms with Gasteiger partial charge in [-0.25, -0.2) is 0 Å². The van der Waals surface area contributed by atoms with Crippen LogP contribution in [0.2, 0.25) is 0 Å². The topological polar surface area (TPSA) is 61.4 Å². The molecule has 1 aromatic carbocycles. The second-order valence-corrected chi connectivity index (χ2v) is 5.12. The molecular weight excluding hydrogens is 240 g/mol. The molecule has 4 heteroatoms. The number of para-hydroxylation sites is 1. The van der Waals surface area contributed by atoms with Gasteiger partial charge in [-0.05, 0) is 25.0 Å². The Balaban J connectivity index is 1.77. The highest BCUT2D eigenvalue weighted by molar-refractivity contribution is 5.81. The fraction of sp³-hybridized carbons (Fsp3) is 0.533. The van der Waals surface area contributed by atoms with Crippen LogP contribution in [0.3, 0.4) is 0 Å². The van der Waals surface area contributed by atoms with Gasteiger partial charge in [-0.2, -0.15) is 0 Å². The zero-order chi connectivity index (χ0) is 13.5. The summed E-state index contributed by atoms with van der Waals surface area (Å²) >= 11 is 0. The van der Waals surface area contributed by atoms with Crippen molar-refractivity contribution in [2.24, 2.45) is 5.92 Å². The van der Waals surface area contributed by atoms with Gasteiger partial charge in [0.2, 0.25) is 5.91 Å². The van der Waals surface area contributed by atoms with Gasteiger partial charge < -0.3 is 15.7 Å². The first-order valence-electron chi connectivity index (χ1n) is 6.98. The maximum atomic E-state index is 11.9. The molecular formula is C15H22N2O2. The van der Waals surface area contributed by atoms with Gasteiger partial charge in [0.1, 0.15) is 0 Å². The number of aliphatic hydroxyl groups excluding tert-OH is 1. The summed E-state index contributed by atoms with van der Waals surface area (Å²) in [6.07, 6.45) is 4.27. The van der Waals surface area contributed by atoms with Crippen molar-refractivity contribution in [2.75, 3.05) is 18.5 Å². The molecule has 19 heavy (non-hydrogen) atoms. The van der Waals surface area contributed by atoms with E-state index in [0.29, 0.717) is 0 Å². The standard InChI is InChI=1S/C15H22N2O2/c18-11-12-6-4-5-9-14(12)17-15(19)10-16-13-7-2-1-3-8-13/h1-3,7-8,12,14,16,18H,4-6,9-11H2,(H,17,19).